The highest BCUT2D eigenvalue weighted by Gasteiger charge is 2.15. The van der Waals surface area contributed by atoms with Crippen LogP contribution in [0.1, 0.15) is 31.1 Å². The van der Waals surface area contributed by atoms with Crippen molar-refractivity contribution >= 4 is 10.9 Å². The first kappa shape index (κ1) is 10.8. The average Bonchev–Trinajstić information content (AvgIpc) is 2.62. The highest BCUT2D eigenvalue weighted by Crippen LogP contribution is 2.28. The van der Waals surface area contributed by atoms with Gasteiger partial charge in [-0.05, 0) is 31.9 Å². The van der Waals surface area contributed by atoms with Gasteiger partial charge >= 0.3 is 0 Å². The zero-order valence-electron chi connectivity index (χ0n) is 9.99. The SMILES string of the molecule is CCc1c(C)c2ccccc2n1C(C)C#N. The molecule has 1 aromatic heterocycles. The lowest BCUT2D eigenvalue weighted by atomic mass is 10.1. The minimum absolute atomic E-state index is 0.103. The van der Waals surface area contributed by atoms with E-state index in [1.165, 1.54) is 22.2 Å². The molecule has 16 heavy (non-hydrogen) atoms. The average molecular weight is 212 g/mol. The van der Waals surface area contributed by atoms with Crippen molar-refractivity contribution < 1.29 is 0 Å². The zero-order chi connectivity index (χ0) is 11.7. The Bertz CT molecular complexity index is 558. The predicted molar refractivity (Wildman–Crippen MR) is 66.4 cm³/mol. The van der Waals surface area contributed by atoms with Gasteiger partial charge in [0.25, 0.3) is 0 Å². The maximum Gasteiger partial charge on any atom is 0.118 e. The van der Waals surface area contributed by atoms with Crippen LogP contribution < -0.4 is 0 Å². The molecule has 1 atom stereocenters. The first-order chi connectivity index (χ1) is 7.70. The number of nitriles is 1. The van der Waals surface area contributed by atoms with Gasteiger partial charge < -0.3 is 4.57 Å². The minimum Gasteiger partial charge on any atom is -0.328 e. The number of hydrogen-bond acceptors (Lipinski definition) is 1. The molecule has 0 bridgehead atoms. The Hall–Kier alpha value is -1.75. The molecule has 0 saturated carbocycles. The van der Waals surface area contributed by atoms with Gasteiger partial charge in [-0.25, -0.2) is 0 Å². The van der Waals surface area contributed by atoms with Crippen LogP contribution in [-0.4, -0.2) is 4.57 Å². The third kappa shape index (κ3) is 1.40. The van der Waals surface area contributed by atoms with Crippen LogP contribution in [0, 0.1) is 18.3 Å². The van der Waals surface area contributed by atoms with Crippen molar-refractivity contribution in [3.05, 3.63) is 35.5 Å². The monoisotopic (exact) mass is 212 g/mol. The Morgan fingerprint density at radius 2 is 2.06 bits per heavy atom. The summed E-state index contributed by atoms with van der Waals surface area (Å²) in [6.45, 7) is 6.23. The Balaban J connectivity index is 2.84. The van der Waals surface area contributed by atoms with Crippen molar-refractivity contribution in [2.75, 3.05) is 0 Å². The van der Waals surface area contributed by atoms with Gasteiger partial charge in [0.2, 0.25) is 0 Å². The Kier molecular flexibility index (Phi) is 2.70. The van der Waals surface area contributed by atoms with Crippen LogP contribution >= 0.6 is 0 Å². The standard InChI is InChI=1S/C14H16N2/c1-4-13-11(3)12-7-5-6-8-14(12)16(13)10(2)9-15/h5-8,10H,4H2,1-3H3. The van der Waals surface area contributed by atoms with Crippen LogP contribution in [0.25, 0.3) is 10.9 Å². The number of hydrogen-bond donors (Lipinski definition) is 0. The third-order valence-electron chi connectivity index (χ3n) is 3.20. The molecule has 1 unspecified atom stereocenters. The smallest absolute Gasteiger partial charge is 0.118 e. The molecular weight excluding hydrogens is 196 g/mol. The molecule has 0 aliphatic rings. The normalized spacial score (nSPS) is 12.6. The largest absolute Gasteiger partial charge is 0.328 e. The molecule has 0 spiro atoms. The molecule has 1 aromatic carbocycles. The van der Waals surface area contributed by atoms with E-state index in [0.29, 0.717) is 0 Å². The number of para-hydroxylation sites is 1. The number of fused-ring (bicyclic) bond motifs is 1. The topological polar surface area (TPSA) is 28.7 Å². The van der Waals surface area contributed by atoms with Gasteiger partial charge in [0.15, 0.2) is 0 Å². The Morgan fingerprint density at radius 1 is 1.38 bits per heavy atom. The summed E-state index contributed by atoms with van der Waals surface area (Å²) in [5.41, 5.74) is 3.75. The summed E-state index contributed by atoms with van der Waals surface area (Å²) in [4.78, 5) is 0. The first-order valence-electron chi connectivity index (χ1n) is 5.68. The summed E-state index contributed by atoms with van der Waals surface area (Å²) in [5.74, 6) is 0. The van der Waals surface area contributed by atoms with Crippen LogP contribution in [-0.2, 0) is 6.42 Å². The number of rotatable bonds is 2. The molecule has 2 heteroatoms. The van der Waals surface area contributed by atoms with Gasteiger partial charge in [0, 0.05) is 16.6 Å². The number of benzene rings is 1. The van der Waals surface area contributed by atoms with Crippen LogP contribution in [0.3, 0.4) is 0 Å². The highest BCUT2D eigenvalue weighted by molar-refractivity contribution is 5.85. The summed E-state index contributed by atoms with van der Waals surface area (Å²) < 4.78 is 2.16. The lowest BCUT2D eigenvalue weighted by molar-refractivity contribution is 0.663. The molecule has 1 heterocycles. The first-order valence-corrected chi connectivity index (χ1v) is 5.68. The fourth-order valence-electron chi connectivity index (χ4n) is 2.42. The molecule has 0 fully saturated rings. The van der Waals surface area contributed by atoms with Crippen molar-refractivity contribution in [2.45, 2.75) is 33.2 Å². The zero-order valence-corrected chi connectivity index (χ0v) is 9.99. The second-order valence-corrected chi connectivity index (χ2v) is 4.12. The van der Waals surface area contributed by atoms with E-state index in [-0.39, 0.29) is 6.04 Å². The van der Waals surface area contributed by atoms with Crippen molar-refractivity contribution in [1.29, 1.82) is 5.26 Å². The third-order valence-corrected chi connectivity index (χ3v) is 3.20. The molecule has 2 rings (SSSR count). The van der Waals surface area contributed by atoms with E-state index in [2.05, 4.69) is 42.7 Å². The minimum atomic E-state index is -0.103. The molecule has 0 saturated heterocycles. The second kappa shape index (κ2) is 4.02. The fourth-order valence-corrected chi connectivity index (χ4v) is 2.42. The van der Waals surface area contributed by atoms with E-state index in [1.807, 2.05) is 13.0 Å². The maximum absolute atomic E-state index is 9.11. The van der Waals surface area contributed by atoms with Crippen LogP contribution in [0.2, 0.25) is 0 Å². The van der Waals surface area contributed by atoms with Gasteiger partial charge in [-0.15, -0.1) is 0 Å². The quantitative estimate of drug-likeness (QED) is 0.747. The molecular formula is C14H16N2. The lowest BCUT2D eigenvalue weighted by Gasteiger charge is -2.11. The van der Waals surface area contributed by atoms with Crippen LogP contribution in [0.5, 0.6) is 0 Å². The summed E-state index contributed by atoms with van der Waals surface area (Å²) in [6.07, 6.45) is 0.965. The van der Waals surface area contributed by atoms with Gasteiger partial charge in [0.05, 0.1) is 6.07 Å². The molecule has 82 valence electrons. The van der Waals surface area contributed by atoms with E-state index in [4.69, 9.17) is 5.26 Å². The molecule has 0 radical (unpaired) electrons. The number of nitrogens with zero attached hydrogens (tertiary/aromatic N) is 2. The van der Waals surface area contributed by atoms with Gasteiger partial charge in [-0.1, -0.05) is 25.1 Å². The van der Waals surface area contributed by atoms with Crippen molar-refractivity contribution in [3.63, 3.8) is 0 Å². The molecule has 2 aromatic rings. The molecule has 0 amide bonds. The second-order valence-electron chi connectivity index (χ2n) is 4.12. The van der Waals surface area contributed by atoms with E-state index in [1.54, 1.807) is 0 Å². The molecule has 0 N–H and O–H groups in total. The van der Waals surface area contributed by atoms with Gasteiger partial charge in [-0.3, -0.25) is 0 Å². The summed E-state index contributed by atoms with van der Waals surface area (Å²) in [7, 11) is 0. The van der Waals surface area contributed by atoms with E-state index in [9.17, 15) is 0 Å². The van der Waals surface area contributed by atoms with Crippen LogP contribution in [0.4, 0.5) is 0 Å². The summed E-state index contributed by atoms with van der Waals surface area (Å²) in [5, 5.41) is 10.4. The highest BCUT2D eigenvalue weighted by atomic mass is 15.0. The van der Waals surface area contributed by atoms with Crippen molar-refractivity contribution in [2.24, 2.45) is 0 Å². The van der Waals surface area contributed by atoms with Crippen molar-refractivity contribution in [1.82, 2.24) is 4.57 Å². The number of aryl methyl sites for hydroxylation is 1. The van der Waals surface area contributed by atoms with Crippen molar-refractivity contribution in [3.8, 4) is 6.07 Å². The summed E-state index contributed by atoms with van der Waals surface area (Å²) in [6, 6.07) is 10.5. The van der Waals surface area contributed by atoms with Crippen LogP contribution in [0.15, 0.2) is 24.3 Å². The summed E-state index contributed by atoms with van der Waals surface area (Å²) >= 11 is 0. The Morgan fingerprint density at radius 3 is 2.69 bits per heavy atom. The molecule has 0 aliphatic carbocycles. The number of aromatic nitrogens is 1. The predicted octanol–water partition coefficient (Wildman–Crippen LogP) is 3.60. The van der Waals surface area contributed by atoms with E-state index in [0.717, 1.165) is 6.42 Å². The molecule has 2 nitrogen and oxygen atoms in total. The lowest BCUT2D eigenvalue weighted by Crippen LogP contribution is -2.06. The van der Waals surface area contributed by atoms with E-state index >= 15 is 0 Å². The maximum atomic E-state index is 9.11. The Labute approximate surface area is 96.1 Å². The van der Waals surface area contributed by atoms with Gasteiger partial charge in [-0.2, -0.15) is 5.26 Å². The fraction of sp³-hybridized carbons (Fsp3) is 0.357. The van der Waals surface area contributed by atoms with Gasteiger partial charge in [0.1, 0.15) is 6.04 Å². The van der Waals surface area contributed by atoms with E-state index < -0.39 is 0 Å². The molecule has 0 aliphatic heterocycles.